The second kappa shape index (κ2) is 8.11. The summed E-state index contributed by atoms with van der Waals surface area (Å²) >= 11 is 1.33. The topological polar surface area (TPSA) is 67.9 Å². The molecule has 0 radical (unpaired) electrons. The second-order valence-electron chi connectivity index (χ2n) is 6.19. The summed E-state index contributed by atoms with van der Waals surface area (Å²) in [5.74, 6) is -0.539. The highest BCUT2D eigenvalue weighted by Gasteiger charge is 2.33. The number of quaternary nitrogens is 1. The van der Waals surface area contributed by atoms with Crippen LogP contribution < -0.4 is 15.8 Å². The van der Waals surface area contributed by atoms with Gasteiger partial charge >= 0.3 is 6.18 Å². The van der Waals surface area contributed by atoms with Crippen molar-refractivity contribution >= 4 is 27.9 Å². The van der Waals surface area contributed by atoms with Crippen LogP contribution in [0.4, 0.5) is 18.9 Å². The molecule has 2 aromatic heterocycles. The van der Waals surface area contributed by atoms with Gasteiger partial charge in [0, 0.05) is 17.6 Å². The number of thiazole rings is 1. The van der Waals surface area contributed by atoms with Crippen LogP contribution in [-0.2, 0) is 17.5 Å². The van der Waals surface area contributed by atoms with Gasteiger partial charge in [-0.1, -0.05) is 12.1 Å². The number of amides is 1. The highest BCUT2D eigenvalue weighted by Crippen LogP contribution is 2.34. The standard InChI is InChI=1S/C18H17F3N4O2S/c1-2-24(10-12-9-16(27)25-7-8-28-17(25)22-12)11-15(26)23-14-6-4-3-5-13(14)18(19,20)21/h3-9H,2,10-11H2,1H3,(H,23,26)/p+1. The van der Waals surface area contributed by atoms with E-state index >= 15 is 0 Å². The third-order valence-electron chi connectivity index (χ3n) is 4.20. The van der Waals surface area contributed by atoms with Crippen LogP contribution in [0.2, 0.25) is 0 Å². The Morgan fingerprint density at radius 1 is 1.32 bits per heavy atom. The van der Waals surface area contributed by atoms with Crippen LogP contribution >= 0.6 is 11.3 Å². The number of nitrogens with one attached hydrogen (secondary N) is 2. The number of fused-ring (bicyclic) bond motifs is 1. The largest absolute Gasteiger partial charge is 0.418 e. The first-order chi connectivity index (χ1) is 13.3. The van der Waals surface area contributed by atoms with E-state index in [1.807, 2.05) is 6.92 Å². The third-order valence-corrected chi connectivity index (χ3v) is 4.96. The molecule has 0 saturated carbocycles. The van der Waals surface area contributed by atoms with Gasteiger partial charge in [0.1, 0.15) is 12.2 Å². The molecule has 0 bridgehead atoms. The van der Waals surface area contributed by atoms with E-state index in [9.17, 15) is 22.8 Å². The molecule has 2 N–H and O–H groups in total. The van der Waals surface area contributed by atoms with Crippen molar-refractivity contribution in [2.45, 2.75) is 19.6 Å². The Kier molecular flexibility index (Phi) is 5.80. The third kappa shape index (κ3) is 4.57. The van der Waals surface area contributed by atoms with Gasteiger partial charge in [0.25, 0.3) is 11.5 Å². The van der Waals surface area contributed by atoms with Crippen molar-refractivity contribution in [2.24, 2.45) is 0 Å². The SMILES string of the molecule is CC[NH+](CC(=O)Nc1ccccc1C(F)(F)F)Cc1cc(=O)n2ccsc2n1. The number of carbonyl (C=O) groups excluding carboxylic acids is 1. The van der Waals surface area contributed by atoms with Gasteiger partial charge in [-0.15, -0.1) is 11.3 Å². The van der Waals surface area contributed by atoms with Crippen molar-refractivity contribution in [3.8, 4) is 0 Å². The minimum absolute atomic E-state index is 0.0474. The van der Waals surface area contributed by atoms with E-state index in [2.05, 4.69) is 10.3 Å². The van der Waals surface area contributed by atoms with Crippen molar-refractivity contribution in [1.29, 1.82) is 0 Å². The Morgan fingerprint density at radius 2 is 2.07 bits per heavy atom. The Labute approximate surface area is 162 Å². The van der Waals surface area contributed by atoms with Crippen LogP contribution in [0.25, 0.3) is 4.96 Å². The molecule has 1 amide bonds. The predicted octanol–water partition coefficient (Wildman–Crippen LogP) is 1.82. The summed E-state index contributed by atoms with van der Waals surface area (Å²) in [7, 11) is 0. The van der Waals surface area contributed by atoms with Gasteiger partial charge in [-0.25, -0.2) is 4.98 Å². The quantitative estimate of drug-likeness (QED) is 0.650. The molecule has 0 fully saturated rings. The van der Waals surface area contributed by atoms with Gasteiger partial charge in [0.15, 0.2) is 11.5 Å². The summed E-state index contributed by atoms with van der Waals surface area (Å²) in [6.07, 6.45) is -2.92. The Hall–Kier alpha value is -2.72. The number of rotatable bonds is 6. The van der Waals surface area contributed by atoms with Crippen LogP contribution in [0.3, 0.4) is 0 Å². The van der Waals surface area contributed by atoms with Crippen molar-refractivity contribution in [3.05, 3.63) is 63.5 Å². The van der Waals surface area contributed by atoms with Crippen LogP contribution in [-0.4, -0.2) is 28.4 Å². The Morgan fingerprint density at radius 3 is 2.79 bits per heavy atom. The number of likely N-dealkylation sites (N-methyl/N-ethyl adjacent to an activating group) is 1. The molecule has 0 aliphatic heterocycles. The number of halogens is 3. The summed E-state index contributed by atoms with van der Waals surface area (Å²) in [6, 6.07) is 6.26. The maximum Gasteiger partial charge on any atom is 0.418 e. The smallest absolute Gasteiger partial charge is 0.322 e. The molecule has 28 heavy (non-hydrogen) atoms. The number of hydrogen-bond donors (Lipinski definition) is 2. The molecule has 1 atom stereocenters. The van der Waals surface area contributed by atoms with Crippen LogP contribution in [0.15, 0.2) is 46.7 Å². The van der Waals surface area contributed by atoms with E-state index in [-0.39, 0.29) is 17.8 Å². The lowest BCUT2D eigenvalue weighted by molar-refractivity contribution is -0.904. The summed E-state index contributed by atoms with van der Waals surface area (Å²) in [4.78, 5) is 30.1. The fourth-order valence-electron chi connectivity index (χ4n) is 2.81. The highest BCUT2D eigenvalue weighted by atomic mass is 32.1. The molecule has 1 unspecified atom stereocenters. The zero-order valence-electron chi connectivity index (χ0n) is 14.9. The predicted molar refractivity (Wildman–Crippen MR) is 99.5 cm³/mol. The molecule has 0 aliphatic carbocycles. The van der Waals surface area contributed by atoms with Gasteiger partial charge in [-0.05, 0) is 19.1 Å². The number of hydrogen-bond acceptors (Lipinski definition) is 4. The second-order valence-corrected chi connectivity index (χ2v) is 7.06. The van der Waals surface area contributed by atoms with Gasteiger partial charge in [-0.2, -0.15) is 13.2 Å². The van der Waals surface area contributed by atoms with E-state index < -0.39 is 17.6 Å². The number of para-hydroxylation sites is 1. The number of carbonyl (C=O) groups is 1. The number of nitrogens with zero attached hydrogens (tertiary/aromatic N) is 2. The Balaban J connectivity index is 1.71. The van der Waals surface area contributed by atoms with Gasteiger partial charge in [0.05, 0.1) is 17.8 Å². The van der Waals surface area contributed by atoms with Crippen LogP contribution in [0.5, 0.6) is 0 Å². The first-order valence-electron chi connectivity index (χ1n) is 8.53. The van der Waals surface area contributed by atoms with Gasteiger partial charge < -0.3 is 10.2 Å². The van der Waals surface area contributed by atoms with Gasteiger partial charge in [-0.3, -0.25) is 14.0 Å². The number of benzene rings is 1. The summed E-state index contributed by atoms with van der Waals surface area (Å²) in [6.45, 7) is 2.66. The first kappa shape index (κ1) is 20.0. The van der Waals surface area contributed by atoms with Crippen molar-refractivity contribution < 1.29 is 22.9 Å². The molecule has 0 saturated heterocycles. The monoisotopic (exact) mass is 411 g/mol. The Bertz CT molecular complexity index is 1040. The first-order valence-corrected chi connectivity index (χ1v) is 9.41. The van der Waals surface area contributed by atoms with E-state index in [1.165, 1.54) is 40.0 Å². The number of alkyl halides is 3. The normalized spacial score (nSPS) is 12.9. The lowest BCUT2D eigenvalue weighted by Crippen LogP contribution is -3.11. The number of aromatic nitrogens is 2. The van der Waals surface area contributed by atoms with Crippen molar-refractivity contribution in [1.82, 2.24) is 9.38 Å². The molecule has 0 spiro atoms. The summed E-state index contributed by atoms with van der Waals surface area (Å²) in [5.41, 5.74) is -0.834. The molecule has 3 aromatic rings. The van der Waals surface area contributed by atoms with Crippen molar-refractivity contribution in [2.75, 3.05) is 18.4 Å². The van der Waals surface area contributed by atoms with E-state index in [4.69, 9.17) is 0 Å². The van der Waals surface area contributed by atoms with Gasteiger partial charge in [0.2, 0.25) is 0 Å². The highest BCUT2D eigenvalue weighted by molar-refractivity contribution is 7.15. The summed E-state index contributed by atoms with van der Waals surface area (Å²) < 4.78 is 40.6. The zero-order valence-corrected chi connectivity index (χ0v) is 15.7. The molecule has 2 heterocycles. The lowest BCUT2D eigenvalue weighted by Gasteiger charge is -2.18. The zero-order chi connectivity index (χ0) is 20.3. The van der Waals surface area contributed by atoms with E-state index in [1.54, 1.807) is 11.6 Å². The molecule has 1 aromatic carbocycles. The molecular weight excluding hydrogens is 393 g/mol. The van der Waals surface area contributed by atoms with E-state index in [0.717, 1.165) is 11.0 Å². The molecule has 10 heteroatoms. The number of anilines is 1. The maximum absolute atomic E-state index is 13.1. The fourth-order valence-corrected chi connectivity index (χ4v) is 3.55. The van der Waals surface area contributed by atoms with Crippen LogP contribution in [0.1, 0.15) is 18.2 Å². The molecular formula is C18H18F3N4O2S+. The van der Waals surface area contributed by atoms with Crippen LogP contribution in [0, 0.1) is 0 Å². The van der Waals surface area contributed by atoms with E-state index in [0.29, 0.717) is 23.7 Å². The minimum atomic E-state index is -4.55. The molecule has 0 aliphatic rings. The minimum Gasteiger partial charge on any atom is -0.322 e. The van der Waals surface area contributed by atoms with Crippen molar-refractivity contribution in [3.63, 3.8) is 0 Å². The maximum atomic E-state index is 13.1. The average molecular weight is 411 g/mol. The average Bonchev–Trinajstić information content (AvgIpc) is 3.09. The molecule has 3 rings (SSSR count). The lowest BCUT2D eigenvalue weighted by atomic mass is 10.1. The fraction of sp³-hybridized carbons (Fsp3) is 0.278. The summed E-state index contributed by atoms with van der Waals surface area (Å²) in [5, 5.41) is 4.09. The molecule has 148 valence electrons. The molecule has 6 nitrogen and oxygen atoms in total.